The third-order valence-electron chi connectivity index (χ3n) is 2.58. The zero-order valence-corrected chi connectivity index (χ0v) is 11.5. The number of aromatic nitrogens is 1. The highest BCUT2D eigenvalue weighted by molar-refractivity contribution is 6.19. The summed E-state index contributed by atoms with van der Waals surface area (Å²) in [5, 5.41) is 0. The van der Waals surface area contributed by atoms with Gasteiger partial charge in [0.25, 0.3) is 0 Å². The van der Waals surface area contributed by atoms with E-state index in [1.807, 2.05) is 18.2 Å². The summed E-state index contributed by atoms with van der Waals surface area (Å²) in [7, 11) is 0. The topological polar surface area (TPSA) is 22.1 Å². The minimum absolute atomic E-state index is 0.182. The van der Waals surface area contributed by atoms with Crippen LogP contribution < -0.4 is 4.74 Å². The highest BCUT2D eigenvalue weighted by atomic mass is 35.5. The van der Waals surface area contributed by atoms with Crippen LogP contribution in [0.15, 0.2) is 42.6 Å². The van der Waals surface area contributed by atoms with Gasteiger partial charge >= 0.3 is 0 Å². The maximum absolute atomic E-state index is 13.7. The Balaban J connectivity index is 1.92. The molecule has 0 atom stereocenters. The molecule has 1 heterocycles. The number of benzene rings is 1. The Bertz CT molecular complexity index is 619. The van der Waals surface area contributed by atoms with Crippen molar-refractivity contribution in [3.8, 4) is 17.6 Å². The molecule has 0 aliphatic rings. The normalized spacial score (nSPS) is 9.70. The summed E-state index contributed by atoms with van der Waals surface area (Å²) in [6.07, 6.45) is 2.41. The van der Waals surface area contributed by atoms with Crippen LogP contribution in [0.4, 0.5) is 4.39 Å². The van der Waals surface area contributed by atoms with Crippen molar-refractivity contribution in [3.63, 3.8) is 0 Å². The van der Waals surface area contributed by atoms with Crippen LogP contribution in [0.2, 0.25) is 0 Å². The van der Waals surface area contributed by atoms with E-state index in [-0.39, 0.29) is 5.88 Å². The van der Waals surface area contributed by atoms with Crippen LogP contribution in [0.25, 0.3) is 0 Å². The standard InChI is InChI=1S/C16H13ClFNO/c17-9-3-4-13-6-7-15(12-16(13)18)20-11-8-14-5-1-2-10-19-14/h1-2,5-7,10,12H,8-9,11H2. The molecule has 0 bridgehead atoms. The average molecular weight is 290 g/mol. The van der Waals surface area contributed by atoms with Gasteiger partial charge < -0.3 is 4.74 Å². The molecular weight excluding hydrogens is 277 g/mol. The molecule has 0 saturated carbocycles. The van der Waals surface area contributed by atoms with Crippen molar-refractivity contribution in [2.75, 3.05) is 12.5 Å². The second kappa shape index (κ2) is 7.52. The van der Waals surface area contributed by atoms with Gasteiger partial charge in [-0.1, -0.05) is 17.9 Å². The molecule has 20 heavy (non-hydrogen) atoms. The van der Waals surface area contributed by atoms with Gasteiger partial charge in [-0.15, -0.1) is 11.6 Å². The fourth-order valence-corrected chi connectivity index (χ4v) is 1.70. The molecule has 0 aliphatic carbocycles. The van der Waals surface area contributed by atoms with Gasteiger partial charge in [0.15, 0.2) is 0 Å². The van der Waals surface area contributed by atoms with Gasteiger partial charge in [-0.05, 0) is 24.3 Å². The number of nitrogens with zero attached hydrogens (tertiary/aromatic N) is 1. The van der Waals surface area contributed by atoms with Crippen LogP contribution >= 0.6 is 11.6 Å². The molecule has 0 N–H and O–H groups in total. The Morgan fingerprint density at radius 2 is 2.15 bits per heavy atom. The van der Waals surface area contributed by atoms with Crippen molar-refractivity contribution in [2.45, 2.75) is 6.42 Å². The molecule has 0 fully saturated rings. The van der Waals surface area contributed by atoms with Gasteiger partial charge in [0.2, 0.25) is 0 Å². The quantitative estimate of drug-likeness (QED) is 0.635. The molecule has 0 spiro atoms. The molecule has 2 aromatic rings. The Hall–Kier alpha value is -2.05. The first-order chi connectivity index (χ1) is 9.79. The van der Waals surface area contributed by atoms with E-state index in [2.05, 4.69) is 16.8 Å². The maximum Gasteiger partial charge on any atom is 0.142 e. The Labute approximate surface area is 122 Å². The first kappa shape index (κ1) is 14.4. The number of hydrogen-bond acceptors (Lipinski definition) is 2. The Morgan fingerprint density at radius 3 is 2.85 bits per heavy atom. The summed E-state index contributed by atoms with van der Waals surface area (Å²) >= 11 is 5.44. The van der Waals surface area contributed by atoms with E-state index in [4.69, 9.17) is 16.3 Å². The number of hydrogen-bond donors (Lipinski definition) is 0. The summed E-state index contributed by atoms with van der Waals surface area (Å²) in [5.41, 5.74) is 1.26. The Kier molecular flexibility index (Phi) is 5.40. The SMILES string of the molecule is Fc1cc(OCCc2ccccn2)ccc1C#CCCl. The summed E-state index contributed by atoms with van der Waals surface area (Å²) < 4.78 is 19.2. The third-order valence-corrected chi connectivity index (χ3v) is 2.72. The van der Waals surface area contributed by atoms with Crippen molar-refractivity contribution in [1.29, 1.82) is 0 Å². The van der Waals surface area contributed by atoms with Crippen molar-refractivity contribution in [1.82, 2.24) is 4.98 Å². The van der Waals surface area contributed by atoms with E-state index >= 15 is 0 Å². The van der Waals surface area contributed by atoms with E-state index in [0.717, 1.165) is 5.69 Å². The molecule has 1 aromatic carbocycles. The molecule has 0 aliphatic heterocycles. The minimum atomic E-state index is -0.405. The largest absolute Gasteiger partial charge is 0.493 e. The maximum atomic E-state index is 13.7. The summed E-state index contributed by atoms with van der Waals surface area (Å²) in [5.74, 6) is 5.52. The van der Waals surface area contributed by atoms with E-state index in [1.54, 1.807) is 18.3 Å². The monoisotopic (exact) mass is 289 g/mol. The molecule has 1 aromatic heterocycles. The predicted octanol–water partition coefficient (Wildman–Crippen LogP) is 3.43. The molecule has 0 unspecified atom stereocenters. The summed E-state index contributed by atoms with van der Waals surface area (Å²) in [6, 6.07) is 10.3. The third kappa shape index (κ3) is 4.25. The average Bonchev–Trinajstić information content (AvgIpc) is 2.47. The van der Waals surface area contributed by atoms with Crippen molar-refractivity contribution < 1.29 is 9.13 Å². The van der Waals surface area contributed by atoms with Crippen LogP contribution in [-0.4, -0.2) is 17.5 Å². The van der Waals surface area contributed by atoms with Crippen LogP contribution in [0.3, 0.4) is 0 Å². The molecule has 4 heteroatoms. The lowest BCUT2D eigenvalue weighted by atomic mass is 10.2. The fourth-order valence-electron chi connectivity index (χ4n) is 1.64. The highest BCUT2D eigenvalue weighted by Gasteiger charge is 2.02. The van der Waals surface area contributed by atoms with Gasteiger partial charge in [-0.3, -0.25) is 4.98 Å². The summed E-state index contributed by atoms with van der Waals surface area (Å²) in [6.45, 7) is 0.448. The lowest BCUT2D eigenvalue weighted by molar-refractivity contribution is 0.319. The molecule has 0 radical (unpaired) electrons. The van der Waals surface area contributed by atoms with Crippen molar-refractivity contribution >= 4 is 11.6 Å². The van der Waals surface area contributed by atoms with E-state index < -0.39 is 5.82 Å². The lowest BCUT2D eigenvalue weighted by Gasteiger charge is -2.06. The number of alkyl halides is 1. The number of rotatable bonds is 4. The summed E-state index contributed by atoms with van der Waals surface area (Å²) in [4.78, 5) is 4.19. The van der Waals surface area contributed by atoms with Gasteiger partial charge in [0, 0.05) is 24.4 Å². The zero-order chi connectivity index (χ0) is 14.2. The number of pyridine rings is 1. The fraction of sp³-hybridized carbons (Fsp3) is 0.188. The first-order valence-electron chi connectivity index (χ1n) is 6.16. The van der Waals surface area contributed by atoms with E-state index in [0.29, 0.717) is 24.3 Å². The number of ether oxygens (including phenoxy) is 1. The van der Waals surface area contributed by atoms with Gasteiger partial charge in [0.1, 0.15) is 11.6 Å². The first-order valence-corrected chi connectivity index (χ1v) is 6.70. The molecule has 2 nitrogen and oxygen atoms in total. The van der Waals surface area contributed by atoms with Crippen molar-refractivity contribution in [3.05, 3.63) is 59.7 Å². The molecule has 0 saturated heterocycles. The van der Waals surface area contributed by atoms with Crippen molar-refractivity contribution in [2.24, 2.45) is 0 Å². The molecule has 2 rings (SSSR count). The smallest absolute Gasteiger partial charge is 0.142 e. The van der Waals surface area contributed by atoms with E-state index in [1.165, 1.54) is 6.07 Å². The molecule has 0 amide bonds. The lowest BCUT2D eigenvalue weighted by Crippen LogP contribution is -2.03. The highest BCUT2D eigenvalue weighted by Crippen LogP contribution is 2.16. The molecular formula is C16H13ClFNO. The van der Waals surface area contributed by atoms with E-state index in [9.17, 15) is 4.39 Å². The van der Waals surface area contributed by atoms with Gasteiger partial charge in [-0.25, -0.2) is 4.39 Å². The predicted molar refractivity (Wildman–Crippen MR) is 77.4 cm³/mol. The Morgan fingerprint density at radius 1 is 1.25 bits per heavy atom. The zero-order valence-electron chi connectivity index (χ0n) is 10.8. The second-order valence-corrected chi connectivity index (χ2v) is 4.26. The van der Waals surface area contributed by atoms with Gasteiger partial charge in [0.05, 0.1) is 18.1 Å². The van der Waals surface area contributed by atoms with Crippen LogP contribution in [0, 0.1) is 17.7 Å². The van der Waals surface area contributed by atoms with Crippen LogP contribution in [-0.2, 0) is 6.42 Å². The number of halogens is 2. The van der Waals surface area contributed by atoms with Crippen LogP contribution in [0.5, 0.6) is 5.75 Å². The van der Waals surface area contributed by atoms with Crippen LogP contribution in [0.1, 0.15) is 11.3 Å². The minimum Gasteiger partial charge on any atom is -0.493 e. The molecule has 102 valence electrons. The second-order valence-electron chi connectivity index (χ2n) is 4.00. The van der Waals surface area contributed by atoms with Gasteiger partial charge in [-0.2, -0.15) is 0 Å².